The van der Waals surface area contributed by atoms with Crippen LogP contribution in [0, 0.1) is 12.8 Å². The van der Waals surface area contributed by atoms with Crippen molar-refractivity contribution in [2.75, 3.05) is 18.8 Å². The van der Waals surface area contributed by atoms with E-state index < -0.39 is 0 Å². The molecule has 0 saturated carbocycles. The number of tetrazole rings is 1. The number of aromatic nitrogens is 4. The third-order valence-electron chi connectivity index (χ3n) is 4.02. The second kappa shape index (κ2) is 7.12. The molecular formula is C16H21N5OS. The highest BCUT2D eigenvalue weighted by molar-refractivity contribution is 7.99. The van der Waals surface area contributed by atoms with E-state index in [1.807, 2.05) is 36.1 Å². The second-order valence-electron chi connectivity index (χ2n) is 6.09. The number of hydrogen-bond donors (Lipinski definition) is 0. The molecule has 1 saturated heterocycles. The molecule has 1 fully saturated rings. The van der Waals surface area contributed by atoms with E-state index in [4.69, 9.17) is 0 Å². The standard InChI is InChI=1S/C16H21N5OS/c1-12-5-3-7-14(9-12)21-16(17-18-19-21)23-11-15(22)20-8-4-6-13(2)10-20/h3,5,7,9,13H,4,6,8,10-11H2,1-2H3/t13-/m0/s1. The molecule has 1 atom stereocenters. The summed E-state index contributed by atoms with van der Waals surface area (Å²) in [7, 11) is 0. The molecule has 1 aliphatic heterocycles. The van der Waals surface area contributed by atoms with Crippen molar-refractivity contribution >= 4 is 17.7 Å². The third-order valence-corrected chi connectivity index (χ3v) is 4.93. The van der Waals surface area contributed by atoms with Gasteiger partial charge in [0.25, 0.3) is 0 Å². The summed E-state index contributed by atoms with van der Waals surface area (Å²) in [5.41, 5.74) is 2.06. The summed E-state index contributed by atoms with van der Waals surface area (Å²) in [6, 6.07) is 7.99. The maximum Gasteiger partial charge on any atom is 0.233 e. The van der Waals surface area contributed by atoms with E-state index in [9.17, 15) is 4.79 Å². The molecule has 2 heterocycles. The zero-order valence-electron chi connectivity index (χ0n) is 13.5. The number of amides is 1. The van der Waals surface area contributed by atoms with Gasteiger partial charge >= 0.3 is 0 Å². The maximum atomic E-state index is 12.4. The molecule has 7 heteroatoms. The lowest BCUT2D eigenvalue weighted by Gasteiger charge is -2.30. The van der Waals surface area contributed by atoms with Crippen LogP contribution in [0.2, 0.25) is 0 Å². The Hall–Kier alpha value is -1.89. The van der Waals surface area contributed by atoms with Crippen molar-refractivity contribution in [2.45, 2.75) is 31.8 Å². The van der Waals surface area contributed by atoms with Gasteiger partial charge in [-0.15, -0.1) is 5.10 Å². The van der Waals surface area contributed by atoms with Gasteiger partial charge in [0, 0.05) is 13.1 Å². The monoisotopic (exact) mass is 331 g/mol. The molecule has 6 nitrogen and oxygen atoms in total. The van der Waals surface area contributed by atoms with Crippen LogP contribution in [0.1, 0.15) is 25.3 Å². The number of piperidine rings is 1. The Labute approximate surface area is 140 Å². The largest absolute Gasteiger partial charge is 0.342 e. The third kappa shape index (κ3) is 3.90. The van der Waals surface area contributed by atoms with Crippen LogP contribution in [0.3, 0.4) is 0 Å². The Morgan fingerprint density at radius 1 is 1.43 bits per heavy atom. The van der Waals surface area contributed by atoms with Crippen molar-refractivity contribution in [2.24, 2.45) is 5.92 Å². The predicted octanol–water partition coefficient (Wildman–Crippen LogP) is 2.32. The molecule has 1 amide bonds. The summed E-state index contributed by atoms with van der Waals surface area (Å²) in [5, 5.41) is 12.5. The van der Waals surface area contributed by atoms with Crippen molar-refractivity contribution in [1.29, 1.82) is 0 Å². The Bertz CT molecular complexity index is 687. The molecule has 1 aliphatic rings. The van der Waals surface area contributed by atoms with Gasteiger partial charge in [0.2, 0.25) is 11.1 Å². The summed E-state index contributed by atoms with van der Waals surface area (Å²) in [5.74, 6) is 1.13. The van der Waals surface area contributed by atoms with E-state index in [0.29, 0.717) is 16.8 Å². The lowest BCUT2D eigenvalue weighted by atomic mass is 10.0. The molecule has 3 rings (SSSR count). The normalized spacial score (nSPS) is 18.2. The lowest BCUT2D eigenvalue weighted by Crippen LogP contribution is -2.40. The molecular weight excluding hydrogens is 310 g/mol. The average Bonchev–Trinajstić information content (AvgIpc) is 3.01. The molecule has 1 aromatic carbocycles. The minimum Gasteiger partial charge on any atom is -0.342 e. The van der Waals surface area contributed by atoms with E-state index in [-0.39, 0.29) is 5.91 Å². The average molecular weight is 331 g/mol. The van der Waals surface area contributed by atoms with Crippen LogP contribution in [-0.4, -0.2) is 49.9 Å². The van der Waals surface area contributed by atoms with E-state index >= 15 is 0 Å². The molecule has 0 unspecified atom stereocenters. The first kappa shape index (κ1) is 16.0. The molecule has 0 bridgehead atoms. The van der Waals surface area contributed by atoms with Gasteiger partial charge in [-0.05, 0) is 53.8 Å². The van der Waals surface area contributed by atoms with Crippen LogP contribution in [0.15, 0.2) is 29.4 Å². The summed E-state index contributed by atoms with van der Waals surface area (Å²) in [4.78, 5) is 14.3. The van der Waals surface area contributed by atoms with Crippen LogP contribution in [0.4, 0.5) is 0 Å². The highest BCUT2D eigenvalue weighted by Gasteiger charge is 2.21. The van der Waals surface area contributed by atoms with Gasteiger partial charge in [-0.3, -0.25) is 4.79 Å². The molecule has 0 N–H and O–H groups in total. The number of thioether (sulfide) groups is 1. The number of carbonyl (C=O) groups excluding carboxylic acids is 1. The Morgan fingerprint density at radius 2 is 2.30 bits per heavy atom. The van der Waals surface area contributed by atoms with Crippen LogP contribution in [-0.2, 0) is 4.79 Å². The van der Waals surface area contributed by atoms with E-state index in [2.05, 4.69) is 22.4 Å². The minimum absolute atomic E-state index is 0.167. The van der Waals surface area contributed by atoms with Crippen molar-refractivity contribution in [3.8, 4) is 5.69 Å². The first-order chi connectivity index (χ1) is 11.1. The van der Waals surface area contributed by atoms with Crippen molar-refractivity contribution < 1.29 is 4.79 Å². The number of aryl methyl sites for hydroxylation is 1. The number of carbonyl (C=O) groups is 1. The Kier molecular flexibility index (Phi) is 4.95. The number of benzene rings is 1. The summed E-state index contributed by atoms with van der Waals surface area (Å²) < 4.78 is 1.68. The van der Waals surface area contributed by atoms with Gasteiger partial charge in [-0.25, -0.2) is 0 Å². The van der Waals surface area contributed by atoms with Gasteiger partial charge in [0.05, 0.1) is 11.4 Å². The number of rotatable bonds is 4. The quantitative estimate of drug-likeness (QED) is 0.805. The zero-order valence-corrected chi connectivity index (χ0v) is 14.3. The molecule has 1 aromatic heterocycles. The summed E-state index contributed by atoms with van der Waals surface area (Å²) >= 11 is 1.39. The SMILES string of the molecule is Cc1cccc(-n2nnnc2SCC(=O)N2CCC[C@H](C)C2)c1. The second-order valence-corrected chi connectivity index (χ2v) is 7.03. The fourth-order valence-electron chi connectivity index (χ4n) is 2.82. The van der Waals surface area contributed by atoms with E-state index in [1.54, 1.807) is 4.68 Å². The summed E-state index contributed by atoms with van der Waals surface area (Å²) in [6.45, 7) is 5.96. The molecule has 2 aromatic rings. The van der Waals surface area contributed by atoms with Crippen molar-refractivity contribution in [1.82, 2.24) is 25.1 Å². The van der Waals surface area contributed by atoms with Gasteiger partial charge in [-0.1, -0.05) is 30.8 Å². The number of hydrogen-bond acceptors (Lipinski definition) is 5. The van der Waals surface area contributed by atoms with Crippen LogP contribution >= 0.6 is 11.8 Å². The molecule has 23 heavy (non-hydrogen) atoms. The highest BCUT2D eigenvalue weighted by Crippen LogP contribution is 2.21. The van der Waals surface area contributed by atoms with Gasteiger partial charge in [0.1, 0.15) is 0 Å². The smallest absolute Gasteiger partial charge is 0.233 e. The van der Waals surface area contributed by atoms with Gasteiger partial charge in [-0.2, -0.15) is 4.68 Å². The summed E-state index contributed by atoms with van der Waals surface area (Å²) in [6.07, 6.45) is 2.31. The van der Waals surface area contributed by atoms with Crippen LogP contribution in [0.25, 0.3) is 5.69 Å². The molecule has 0 spiro atoms. The topological polar surface area (TPSA) is 63.9 Å². The van der Waals surface area contributed by atoms with Crippen molar-refractivity contribution in [3.05, 3.63) is 29.8 Å². The number of nitrogens with zero attached hydrogens (tertiary/aromatic N) is 5. The van der Waals surface area contributed by atoms with Gasteiger partial charge < -0.3 is 4.90 Å². The van der Waals surface area contributed by atoms with Crippen LogP contribution < -0.4 is 0 Å². The molecule has 0 aliphatic carbocycles. The molecule has 122 valence electrons. The van der Waals surface area contributed by atoms with Gasteiger partial charge in [0.15, 0.2) is 0 Å². The Balaban J connectivity index is 1.65. The van der Waals surface area contributed by atoms with Crippen molar-refractivity contribution in [3.63, 3.8) is 0 Å². The zero-order chi connectivity index (χ0) is 16.2. The van der Waals surface area contributed by atoms with Crippen LogP contribution in [0.5, 0.6) is 0 Å². The van der Waals surface area contributed by atoms with E-state index in [0.717, 1.165) is 30.8 Å². The highest BCUT2D eigenvalue weighted by atomic mass is 32.2. The predicted molar refractivity (Wildman–Crippen MR) is 89.6 cm³/mol. The lowest BCUT2D eigenvalue weighted by molar-refractivity contribution is -0.130. The number of likely N-dealkylation sites (tertiary alicyclic amines) is 1. The fourth-order valence-corrected chi connectivity index (χ4v) is 3.62. The minimum atomic E-state index is 0.167. The van der Waals surface area contributed by atoms with E-state index in [1.165, 1.54) is 18.2 Å². The maximum absolute atomic E-state index is 12.4. The molecule has 0 radical (unpaired) electrons. The first-order valence-electron chi connectivity index (χ1n) is 7.89. The Morgan fingerprint density at radius 3 is 3.09 bits per heavy atom. The fraction of sp³-hybridized carbons (Fsp3) is 0.500. The first-order valence-corrected chi connectivity index (χ1v) is 8.88.